The summed E-state index contributed by atoms with van der Waals surface area (Å²) in [6.45, 7) is 11.9. The van der Waals surface area contributed by atoms with Crippen molar-refractivity contribution in [1.29, 1.82) is 0 Å². The van der Waals surface area contributed by atoms with E-state index in [1.54, 1.807) is 11.6 Å². The highest BCUT2D eigenvalue weighted by molar-refractivity contribution is 5.87. The van der Waals surface area contributed by atoms with E-state index in [-0.39, 0.29) is 11.5 Å². The second kappa shape index (κ2) is 9.69. The molecule has 3 rings (SSSR count). The van der Waals surface area contributed by atoms with Crippen LogP contribution in [0.15, 0.2) is 60.0 Å². The van der Waals surface area contributed by atoms with E-state index in [0.29, 0.717) is 18.7 Å². The largest absolute Gasteiger partial charge is 0.456 e. The van der Waals surface area contributed by atoms with Crippen molar-refractivity contribution >= 4 is 5.91 Å². The molecule has 0 aliphatic rings. The van der Waals surface area contributed by atoms with Crippen LogP contribution in [0.25, 0.3) is 11.1 Å². The molecule has 0 radical (unpaired) electrons. The summed E-state index contributed by atoms with van der Waals surface area (Å²) >= 11 is 0. The molecule has 0 unspecified atom stereocenters. The first-order chi connectivity index (χ1) is 15.2. The van der Waals surface area contributed by atoms with Crippen LogP contribution < -0.4 is 15.6 Å². The normalized spacial score (nSPS) is 10.7. The molecule has 1 N–H and O–H groups in total. The lowest BCUT2D eigenvalue weighted by Crippen LogP contribution is -2.22. The van der Waals surface area contributed by atoms with Crippen LogP contribution in [0.5, 0.6) is 11.5 Å². The number of amides is 1. The molecule has 5 nitrogen and oxygen atoms in total. The van der Waals surface area contributed by atoms with Crippen LogP contribution in [0.1, 0.15) is 34.7 Å². The van der Waals surface area contributed by atoms with Crippen LogP contribution >= 0.6 is 0 Å². The number of hydrogen-bond acceptors (Lipinski definition) is 3. The van der Waals surface area contributed by atoms with Crippen LogP contribution in [0, 0.1) is 20.8 Å². The van der Waals surface area contributed by atoms with Gasteiger partial charge in [-0.3, -0.25) is 9.59 Å². The minimum absolute atomic E-state index is 0.0126. The quantitative estimate of drug-likeness (QED) is 0.528. The topological polar surface area (TPSA) is 60.3 Å². The Morgan fingerprint density at radius 2 is 1.81 bits per heavy atom. The lowest BCUT2D eigenvalue weighted by molar-refractivity contribution is -0.116. The maximum Gasteiger partial charge on any atom is 0.253 e. The number of rotatable bonds is 7. The van der Waals surface area contributed by atoms with Gasteiger partial charge in [0.25, 0.3) is 5.56 Å². The zero-order chi connectivity index (χ0) is 23.4. The van der Waals surface area contributed by atoms with Crippen LogP contribution in [0.4, 0.5) is 0 Å². The third-order valence-electron chi connectivity index (χ3n) is 5.49. The first-order valence-corrected chi connectivity index (χ1v) is 10.7. The first-order valence-electron chi connectivity index (χ1n) is 10.7. The SMILES string of the molecule is C=CC(=O)NCc1cccc(Oc2c(C)cc(C)cc2C)c1-c1cc(CC)c(=O)n(C)c1. The number of carbonyl (C=O) groups is 1. The number of nitrogens with zero attached hydrogens (tertiary/aromatic N) is 1. The zero-order valence-corrected chi connectivity index (χ0v) is 19.4. The van der Waals surface area contributed by atoms with E-state index in [1.165, 1.54) is 11.6 Å². The van der Waals surface area contributed by atoms with Crippen LogP contribution in [-0.2, 0) is 24.8 Å². The summed E-state index contributed by atoms with van der Waals surface area (Å²) in [6.07, 6.45) is 3.69. The highest BCUT2D eigenvalue weighted by Crippen LogP contribution is 2.38. The Bertz CT molecular complexity index is 1220. The maximum atomic E-state index is 12.5. The van der Waals surface area contributed by atoms with Gasteiger partial charge in [0.1, 0.15) is 11.5 Å². The molecule has 1 aromatic heterocycles. The predicted molar refractivity (Wildman–Crippen MR) is 129 cm³/mol. The standard InChI is InChI=1S/C27H30N2O3/c1-7-20-14-22(16-29(6)27(20)31)25-21(15-28-24(30)8-2)10-9-11-23(25)32-26-18(4)12-17(3)13-19(26)5/h8-14,16H,2,7,15H2,1,3-6H3,(H,28,30). The van der Waals surface area contributed by atoms with E-state index >= 15 is 0 Å². The van der Waals surface area contributed by atoms with Gasteiger partial charge in [-0.2, -0.15) is 0 Å². The van der Waals surface area contributed by atoms with Gasteiger partial charge >= 0.3 is 0 Å². The number of aryl methyl sites for hydroxylation is 5. The molecule has 0 fully saturated rings. The third kappa shape index (κ3) is 4.83. The molecule has 0 aliphatic heterocycles. The first kappa shape index (κ1) is 23.1. The van der Waals surface area contributed by atoms with Crippen LogP contribution in [0.3, 0.4) is 0 Å². The van der Waals surface area contributed by atoms with Gasteiger partial charge < -0.3 is 14.6 Å². The van der Waals surface area contributed by atoms with Gasteiger partial charge in [0.2, 0.25) is 5.91 Å². The molecule has 0 spiro atoms. The Labute approximate surface area is 189 Å². The van der Waals surface area contributed by atoms with Gasteiger partial charge in [-0.15, -0.1) is 0 Å². The van der Waals surface area contributed by atoms with E-state index in [4.69, 9.17) is 4.74 Å². The van der Waals surface area contributed by atoms with E-state index in [2.05, 4.69) is 31.0 Å². The summed E-state index contributed by atoms with van der Waals surface area (Å²) in [5, 5.41) is 2.85. The number of benzene rings is 2. The van der Waals surface area contributed by atoms with Crippen LogP contribution in [-0.4, -0.2) is 10.5 Å². The highest BCUT2D eigenvalue weighted by atomic mass is 16.5. The van der Waals surface area contributed by atoms with Gasteiger partial charge in [0.15, 0.2) is 0 Å². The summed E-state index contributed by atoms with van der Waals surface area (Å²) in [5.74, 6) is 1.23. The minimum atomic E-state index is -0.248. The molecule has 1 heterocycles. The van der Waals surface area contributed by atoms with E-state index in [0.717, 1.165) is 39.1 Å². The molecule has 166 valence electrons. The Morgan fingerprint density at radius 3 is 2.44 bits per heavy atom. The second-order valence-electron chi connectivity index (χ2n) is 8.07. The molecule has 0 aliphatic carbocycles. The number of ether oxygens (including phenoxy) is 1. The minimum Gasteiger partial charge on any atom is -0.456 e. The van der Waals surface area contributed by atoms with Gasteiger partial charge in [-0.05, 0) is 62.1 Å². The summed E-state index contributed by atoms with van der Waals surface area (Å²) in [5.41, 5.74) is 6.60. The zero-order valence-electron chi connectivity index (χ0n) is 19.4. The molecular formula is C27H30N2O3. The summed E-state index contributed by atoms with van der Waals surface area (Å²) < 4.78 is 8.07. The van der Waals surface area contributed by atoms with E-state index < -0.39 is 0 Å². The Morgan fingerprint density at radius 1 is 1.12 bits per heavy atom. The van der Waals surface area contributed by atoms with Crippen molar-refractivity contribution in [3.63, 3.8) is 0 Å². The van der Waals surface area contributed by atoms with Crippen molar-refractivity contribution in [1.82, 2.24) is 9.88 Å². The number of carbonyl (C=O) groups excluding carboxylic acids is 1. The Balaban J connectivity index is 2.20. The fourth-order valence-corrected chi connectivity index (χ4v) is 4.00. The maximum absolute atomic E-state index is 12.5. The Kier molecular flexibility index (Phi) is 6.98. The van der Waals surface area contributed by atoms with Crippen molar-refractivity contribution in [2.75, 3.05) is 0 Å². The lowest BCUT2D eigenvalue weighted by Gasteiger charge is -2.19. The fraction of sp³-hybridized carbons (Fsp3) is 0.259. The number of aromatic nitrogens is 1. The molecular weight excluding hydrogens is 400 g/mol. The fourth-order valence-electron chi connectivity index (χ4n) is 4.00. The van der Waals surface area contributed by atoms with E-state index in [1.807, 2.05) is 51.2 Å². The molecule has 0 saturated heterocycles. The van der Waals surface area contributed by atoms with Gasteiger partial charge in [-0.25, -0.2) is 0 Å². The van der Waals surface area contributed by atoms with Crippen molar-refractivity contribution in [2.45, 2.75) is 40.7 Å². The number of hydrogen-bond donors (Lipinski definition) is 1. The average Bonchev–Trinajstić information content (AvgIpc) is 2.76. The van der Waals surface area contributed by atoms with Crippen molar-refractivity contribution in [2.24, 2.45) is 7.05 Å². The smallest absolute Gasteiger partial charge is 0.253 e. The molecule has 2 aromatic carbocycles. The lowest BCUT2D eigenvalue weighted by atomic mass is 9.97. The molecule has 32 heavy (non-hydrogen) atoms. The summed E-state index contributed by atoms with van der Waals surface area (Å²) in [6, 6.07) is 11.9. The predicted octanol–water partition coefficient (Wildman–Crippen LogP) is 5.13. The summed E-state index contributed by atoms with van der Waals surface area (Å²) in [7, 11) is 1.75. The molecule has 0 bridgehead atoms. The monoisotopic (exact) mass is 430 g/mol. The summed E-state index contributed by atoms with van der Waals surface area (Å²) in [4.78, 5) is 24.3. The molecule has 3 aromatic rings. The Hall–Kier alpha value is -3.60. The van der Waals surface area contributed by atoms with Gasteiger partial charge in [0, 0.05) is 36.5 Å². The van der Waals surface area contributed by atoms with Crippen molar-refractivity contribution in [3.8, 4) is 22.6 Å². The highest BCUT2D eigenvalue weighted by Gasteiger charge is 2.17. The van der Waals surface area contributed by atoms with Crippen LogP contribution in [0.2, 0.25) is 0 Å². The second-order valence-corrected chi connectivity index (χ2v) is 8.07. The van der Waals surface area contributed by atoms with E-state index in [9.17, 15) is 9.59 Å². The van der Waals surface area contributed by atoms with Gasteiger partial charge in [-0.1, -0.05) is 43.3 Å². The third-order valence-corrected chi connectivity index (χ3v) is 5.49. The van der Waals surface area contributed by atoms with Gasteiger partial charge in [0.05, 0.1) is 0 Å². The molecule has 0 atom stereocenters. The average molecular weight is 431 g/mol. The molecule has 1 amide bonds. The molecule has 5 heteroatoms. The molecule has 0 saturated carbocycles. The number of nitrogens with one attached hydrogen (secondary N) is 1. The number of pyridine rings is 1. The van der Waals surface area contributed by atoms with Crippen molar-refractivity contribution < 1.29 is 9.53 Å². The van der Waals surface area contributed by atoms with Crippen molar-refractivity contribution in [3.05, 3.63) is 93.4 Å².